The molecule has 0 aliphatic heterocycles. The van der Waals surface area contributed by atoms with Gasteiger partial charge in [0.1, 0.15) is 5.75 Å². The van der Waals surface area contributed by atoms with Gasteiger partial charge >= 0.3 is 5.97 Å². The van der Waals surface area contributed by atoms with Gasteiger partial charge in [-0.3, -0.25) is 4.79 Å². The van der Waals surface area contributed by atoms with Crippen molar-refractivity contribution in [1.29, 1.82) is 0 Å². The van der Waals surface area contributed by atoms with E-state index in [0.29, 0.717) is 3.57 Å². The van der Waals surface area contributed by atoms with E-state index in [1.165, 1.54) is 18.2 Å². The number of halogens is 1. The summed E-state index contributed by atoms with van der Waals surface area (Å²) in [6.45, 7) is 0. The summed E-state index contributed by atoms with van der Waals surface area (Å²) < 4.78 is 0.449. The molecule has 0 radical (unpaired) electrons. The van der Waals surface area contributed by atoms with Crippen LogP contribution >= 0.6 is 22.6 Å². The van der Waals surface area contributed by atoms with Gasteiger partial charge in [-0.05, 0) is 40.8 Å². The lowest BCUT2D eigenvalue weighted by Crippen LogP contribution is -2.12. The van der Waals surface area contributed by atoms with Crippen LogP contribution in [-0.2, 0) is 4.79 Å². The van der Waals surface area contributed by atoms with Gasteiger partial charge in [-0.25, -0.2) is 4.79 Å². The maximum atomic E-state index is 10.9. The predicted octanol–water partition coefficient (Wildman–Crippen LogP) is 1.26. The number of aliphatic carboxylic acids is 1. The van der Waals surface area contributed by atoms with Gasteiger partial charge < -0.3 is 10.2 Å². The second kappa shape index (κ2) is 3.73. The molecule has 0 unspecified atom stereocenters. The smallest absolute Gasteiger partial charge is 0.377 e. The number of ketones is 1. The molecule has 0 heterocycles. The van der Waals surface area contributed by atoms with Crippen molar-refractivity contribution in [3.05, 3.63) is 27.3 Å². The lowest BCUT2D eigenvalue weighted by molar-refractivity contribution is -0.131. The number of rotatable bonds is 2. The lowest BCUT2D eigenvalue weighted by atomic mass is 10.1. The number of aromatic hydroxyl groups is 1. The number of phenols is 1. The minimum atomic E-state index is -1.50. The molecule has 68 valence electrons. The number of carboxylic acids is 1. The van der Waals surface area contributed by atoms with Crippen LogP contribution in [0.1, 0.15) is 10.4 Å². The van der Waals surface area contributed by atoms with E-state index in [0.717, 1.165) is 0 Å². The Hall–Kier alpha value is -1.11. The molecule has 0 saturated carbocycles. The van der Waals surface area contributed by atoms with Crippen LogP contribution in [0, 0.1) is 3.57 Å². The zero-order valence-corrected chi connectivity index (χ0v) is 8.48. The zero-order valence-electron chi connectivity index (χ0n) is 6.32. The van der Waals surface area contributed by atoms with Crippen molar-refractivity contribution in [2.24, 2.45) is 0 Å². The fourth-order valence-corrected chi connectivity index (χ4v) is 1.29. The van der Waals surface area contributed by atoms with Gasteiger partial charge in [0.05, 0.1) is 3.57 Å². The fraction of sp³-hybridized carbons (Fsp3) is 0. The van der Waals surface area contributed by atoms with Crippen molar-refractivity contribution in [3.63, 3.8) is 0 Å². The molecule has 0 aromatic heterocycles. The molecule has 0 saturated heterocycles. The Morgan fingerprint density at radius 1 is 1.31 bits per heavy atom. The Kier molecular flexibility index (Phi) is 2.86. The molecule has 1 aromatic rings. The second-order valence-electron chi connectivity index (χ2n) is 2.30. The summed E-state index contributed by atoms with van der Waals surface area (Å²) in [5.74, 6) is -2.44. The maximum Gasteiger partial charge on any atom is 0.377 e. The maximum absolute atomic E-state index is 10.9. The summed E-state index contributed by atoms with van der Waals surface area (Å²) in [6.07, 6.45) is 0. The first-order valence-electron chi connectivity index (χ1n) is 3.28. The number of hydrogen-bond donors (Lipinski definition) is 2. The first kappa shape index (κ1) is 9.97. The Morgan fingerprint density at radius 2 is 1.92 bits per heavy atom. The molecule has 0 amide bonds. The van der Waals surface area contributed by atoms with Gasteiger partial charge in [-0.2, -0.15) is 0 Å². The van der Waals surface area contributed by atoms with E-state index >= 15 is 0 Å². The minimum Gasteiger partial charge on any atom is -0.507 e. The average Bonchev–Trinajstić information content (AvgIpc) is 2.08. The molecule has 0 aliphatic rings. The van der Waals surface area contributed by atoms with Gasteiger partial charge in [0.15, 0.2) is 0 Å². The monoisotopic (exact) mass is 292 g/mol. The van der Waals surface area contributed by atoms with Gasteiger partial charge in [-0.1, -0.05) is 0 Å². The van der Waals surface area contributed by atoms with Crippen LogP contribution in [0.5, 0.6) is 5.75 Å². The number of phenolic OH excluding ortho intramolecular Hbond substituents is 1. The van der Waals surface area contributed by atoms with Crippen LogP contribution in [0.15, 0.2) is 18.2 Å². The molecule has 13 heavy (non-hydrogen) atoms. The van der Waals surface area contributed by atoms with Crippen molar-refractivity contribution in [3.8, 4) is 5.75 Å². The number of benzene rings is 1. The van der Waals surface area contributed by atoms with E-state index in [4.69, 9.17) is 10.2 Å². The molecule has 0 atom stereocenters. The van der Waals surface area contributed by atoms with E-state index in [-0.39, 0.29) is 11.3 Å². The summed E-state index contributed by atoms with van der Waals surface area (Å²) in [5.41, 5.74) is 0.0645. The first-order chi connectivity index (χ1) is 6.02. The van der Waals surface area contributed by atoms with E-state index in [1.807, 2.05) is 22.6 Å². The summed E-state index contributed by atoms with van der Waals surface area (Å²) >= 11 is 1.81. The van der Waals surface area contributed by atoms with Crippen molar-refractivity contribution in [1.82, 2.24) is 0 Å². The zero-order chi connectivity index (χ0) is 10.0. The van der Waals surface area contributed by atoms with Gasteiger partial charge in [0.25, 0.3) is 5.78 Å². The normalized spacial score (nSPS) is 9.62. The van der Waals surface area contributed by atoms with Crippen molar-refractivity contribution in [2.75, 3.05) is 0 Å². The number of carboxylic acid groups (broad SMARTS) is 1. The summed E-state index contributed by atoms with van der Waals surface area (Å²) in [4.78, 5) is 21.2. The molecule has 0 fully saturated rings. The molecule has 1 aromatic carbocycles. The van der Waals surface area contributed by atoms with Crippen LogP contribution in [0.4, 0.5) is 0 Å². The molecule has 5 heteroatoms. The minimum absolute atomic E-state index is 0.0301. The molecule has 2 N–H and O–H groups in total. The molecular formula is C8H5IO4. The standard InChI is InChI=1S/C8H5IO4/c9-5-3-4(1-2-6(5)10)7(11)8(12)13/h1-3,10H,(H,12,13). The van der Waals surface area contributed by atoms with E-state index < -0.39 is 11.8 Å². The van der Waals surface area contributed by atoms with E-state index in [1.54, 1.807) is 0 Å². The van der Waals surface area contributed by atoms with Crippen LogP contribution in [0.25, 0.3) is 0 Å². The van der Waals surface area contributed by atoms with Crippen LogP contribution in [0.3, 0.4) is 0 Å². The molecule has 0 bridgehead atoms. The summed E-state index contributed by atoms with van der Waals surface area (Å²) in [5, 5.41) is 17.5. The molecule has 4 nitrogen and oxygen atoms in total. The molecule has 0 aliphatic carbocycles. The van der Waals surface area contributed by atoms with Crippen molar-refractivity contribution >= 4 is 34.3 Å². The summed E-state index contributed by atoms with van der Waals surface area (Å²) in [7, 11) is 0. The summed E-state index contributed by atoms with van der Waals surface area (Å²) in [6, 6.07) is 3.89. The highest BCUT2D eigenvalue weighted by Crippen LogP contribution is 2.20. The average molecular weight is 292 g/mol. The lowest BCUT2D eigenvalue weighted by Gasteiger charge is -1.98. The van der Waals surface area contributed by atoms with Crippen LogP contribution in [-0.4, -0.2) is 22.0 Å². The van der Waals surface area contributed by atoms with Gasteiger partial charge in [0.2, 0.25) is 0 Å². The number of Topliss-reactive ketones (excluding diaryl/α,β-unsaturated/α-hetero) is 1. The highest BCUT2D eigenvalue weighted by molar-refractivity contribution is 14.1. The number of carbonyl (C=O) groups excluding carboxylic acids is 1. The number of hydrogen-bond acceptors (Lipinski definition) is 3. The topological polar surface area (TPSA) is 74.6 Å². The third-order valence-electron chi connectivity index (χ3n) is 1.40. The van der Waals surface area contributed by atoms with Crippen LogP contribution < -0.4 is 0 Å². The molecular weight excluding hydrogens is 287 g/mol. The number of carbonyl (C=O) groups is 2. The third kappa shape index (κ3) is 2.18. The fourth-order valence-electron chi connectivity index (χ4n) is 0.772. The van der Waals surface area contributed by atoms with Crippen LogP contribution in [0.2, 0.25) is 0 Å². The van der Waals surface area contributed by atoms with E-state index in [9.17, 15) is 9.59 Å². The second-order valence-corrected chi connectivity index (χ2v) is 3.46. The Bertz CT molecular complexity index is 372. The Balaban J connectivity index is 3.11. The van der Waals surface area contributed by atoms with Gasteiger partial charge in [-0.15, -0.1) is 0 Å². The van der Waals surface area contributed by atoms with Crippen molar-refractivity contribution < 1.29 is 19.8 Å². The molecule has 0 spiro atoms. The highest BCUT2D eigenvalue weighted by Gasteiger charge is 2.15. The quantitative estimate of drug-likeness (QED) is 0.489. The Morgan fingerprint density at radius 3 is 2.38 bits per heavy atom. The highest BCUT2D eigenvalue weighted by atomic mass is 127. The van der Waals surface area contributed by atoms with E-state index in [2.05, 4.69) is 0 Å². The molecule has 1 rings (SSSR count). The Labute approximate surface area is 87.3 Å². The first-order valence-corrected chi connectivity index (χ1v) is 4.36. The van der Waals surface area contributed by atoms with Gasteiger partial charge in [0, 0.05) is 5.56 Å². The van der Waals surface area contributed by atoms with Crippen molar-refractivity contribution in [2.45, 2.75) is 0 Å². The largest absolute Gasteiger partial charge is 0.507 e. The SMILES string of the molecule is O=C(O)C(=O)c1ccc(O)c(I)c1. The third-order valence-corrected chi connectivity index (χ3v) is 2.27. The predicted molar refractivity (Wildman–Crippen MR) is 52.8 cm³/mol.